The fourth-order valence-corrected chi connectivity index (χ4v) is 2.71. The van der Waals surface area contributed by atoms with E-state index in [-0.39, 0.29) is 12.0 Å². The average Bonchev–Trinajstić information content (AvgIpc) is 2.94. The van der Waals surface area contributed by atoms with Crippen LogP contribution in [0.2, 0.25) is 0 Å². The van der Waals surface area contributed by atoms with Gasteiger partial charge in [0.25, 0.3) is 0 Å². The molecule has 82 valence electrons. The number of nitriles is 2. The van der Waals surface area contributed by atoms with E-state index in [9.17, 15) is 0 Å². The van der Waals surface area contributed by atoms with Crippen molar-refractivity contribution in [1.29, 1.82) is 10.5 Å². The Balaban J connectivity index is 2.15. The third-order valence-electron chi connectivity index (χ3n) is 2.56. The van der Waals surface area contributed by atoms with Crippen molar-refractivity contribution in [1.82, 2.24) is 5.06 Å². The van der Waals surface area contributed by atoms with Gasteiger partial charge in [-0.3, -0.25) is 4.84 Å². The van der Waals surface area contributed by atoms with E-state index < -0.39 is 0 Å². The van der Waals surface area contributed by atoms with E-state index in [1.54, 1.807) is 16.4 Å². The molecule has 0 aliphatic carbocycles. The zero-order valence-corrected chi connectivity index (χ0v) is 9.48. The number of hydroxylamine groups is 2. The summed E-state index contributed by atoms with van der Waals surface area (Å²) in [6.45, 7) is 0.974. The second-order valence-corrected chi connectivity index (χ2v) is 4.52. The molecule has 5 heteroatoms. The predicted octanol–water partition coefficient (Wildman–Crippen LogP) is 2.09. The van der Waals surface area contributed by atoms with Crippen LogP contribution in [0.5, 0.6) is 0 Å². The van der Waals surface area contributed by atoms with Crippen LogP contribution in [-0.2, 0) is 4.84 Å². The standard InChI is InChI=1S/C11H11N3OS/c12-4-2-5-14-11(9(7-13)8-15-14)10-3-1-6-16-10/h1,3,6,9,11H,2,5,8H2. The Hall–Kier alpha value is -1.40. The van der Waals surface area contributed by atoms with E-state index in [0.29, 0.717) is 19.6 Å². The SMILES string of the molecule is N#CCCN1OCC(C#N)C1c1cccs1. The molecule has 1 aliphatic heterocycles. The monoisotopic (exact) mass is 233 g/mol. The molecule has 0 radical (unpaired) electrons. The van der Waals surface area contributed by atoms with Crippen LogP contribution < -0.4 is 0 Å². The molecule has 1 fully saturated rings. The van der Waals surface area contributed by atoms with Crippen molar-refractivity contribution in [2.45, 2.75) is 12.5 Å². The molecule has 2 atom stereocenters. The minimum Gasteiger partial charge on any atom is -0.297 e. The van der Waals surface area contributed by atoms with Crippen LogP contribution in [0.25, 0.3) is 0 Å². The lowest BCUT2D eigenvalue weighted by atomic mass is 10.0. The molecule has 2 heterocycles. The van der Waals surface area contributed by atoms with Gasteiger partial charge in [-0.15, -0.1) is 11.3 Å². The molecule has 1 aromatic heterocycles. The topological polar surface area (TPSA) is 60.1 Å². The minimum atomic E-state index is -0.141. The fourth-order valence-electron chi connectivity index (χ4n) is 1.82. The smallest absolute Gasteiger partial charge is 0.0944 e. The molecule has 0 N–H and O–H groups in total. The molecule has 0 spiro atoms. The third kappa shape index (κ3) is 2.07. The van der Waals surface area contributed by atoms with Gasteiger partial charge >= 0.3 is 0 Å². The highest BCUT2D eigenvalue weighted by molar-refractivity contribution is 7.10. The number of nitrogens with zero attached hydrogens (tertiary/aromatic N) is 3. The maximum Gasteiger partial charge on any atom is 0.0944 e. The quantitative estimate of drug-likeness (QED) is 0.802. The largest absolute Gasteiger partial charge is 0.297 e. The Kier molecular flexibility index (Phi) is 3.53. The molecule has 2 unspecified atom stereocenters. The van der Waals surface area contributed by atoms with Gasteiger partial charge in [-0.05, 0) is 11.4 Å². The first kappa shape index (κ1) is 11.1. The van der Waals surface area contributed by atoms with Gasteiger partial charge in [0.1, 0.15) is 0 Å². The number of hydrogen-bond donors (Lipinski definition) is 0. The van der Waals surface area contributed by atoms with E-state index in [2.05, 4.69) is 12.1 Å². The van der Waals surface area contributed by atoms with Gasteiger partial charge in [0.05, 0.1) is 37.1 Å². The molecule has 0 aromatic carbocycles. The lowest BCUT2D eigenvalue weighted by Crippen LogP contribution is -2.24. The average molecular weight is 233 g/mol. The van der Waals surface area contributed by atoms with Crippen molar-refractivity contribution >= 4 is 11.3 Å². The highest BCUT2D eigenvalue weighted by Gasteiger charge is 2.37. The number of thiophene rings is 1. The number of hydrogen-bond acceptors (Lipinski definition) is 5. The molecule has 1 saturated heterocycles. The summed E-state index contributed by atoms with van der Waals surface area (Å²) in [7, 11) is 0. The highest BCUT2D eigenvalue weighted by atomic mass is 32.1. The van der Waals surface area contributed by atoms with Crippen molar-refractivity contribution in [2.75, 3.05) is 13.2 Å². The Morgan fingerprint density at radius 1 is 1.56 bits per heavy atom. The Morgan fingerprint density at radius 2 is 2.44 bits per heavy atom. The molecule has 1 aliphatic rings. The Bertz CT molecular complexity index is 417. The van der Waals surface area contributed by atoms with Gasteiger partial charge < -0.3 is 0 Å². The third-order valence-corrected chi connectivity index (χ3v) is 3.50. The van der Waals surface area contributed by atoms with Crippen LogP contribution in [-0.4, -0.2) is 18.2 Å². The fraction of sp³-hybridized carbons (Fsp3) is 0.455. The first-order valence-electron chi connectivity index (χ1n) is 5.06. The van der Waals surface area contributed by atoms with Gasteiger partial charge in [-0.1, -0.05) is 6.07 Å². The summed E-state index contributed by atoms with van der Waals surface area (Å²) >= 11 is 1.62. The van der Waals surface area contributed by atoms with Gasteiger partial charge in [-0.25, -0.2) is 0 Å². The molecule has 2 rings (SSSR count). The van der Waals surface area contributed by atoms with Crippen molar-refractivity contribution in [2.24, 2.45) is 5.92 Å². The maximum absolute atomic E-state index is 9.06. The lowest BCUT2D eigenvalue weighted by molar-refractivity contribution is -0.131. The molecular weight excluding hydrogens is 222 g/mol. The summed E-state index contributed by atoms with van der Waals surface area (Å²) in [6.07, 6.45) is 0.417. The van der Waals surface area contributed by atoms with Gasteiger partial charge in [0.2, 0.25) is 0 Å². The van der Waals surface area contributed by atoms with Crippen LogP contribution in [0.15, 0.2) is 17.5 Å². The van der Waals surface area contributed by atoms with E-state index in [1.165, 1.54) is 0 Å². The van der Waals surface area contributed by atoms with Crippen LogP contribution in [0, 0.1) is 28.6 Å². The lowest BCUT2D eigenvalue weighted by Gasteiger charge is -2.21. The first-order chi connectivity index (χ1) is 7.86. The van der Waals surface area contributed by atoms with Crippen molar-refractivity contribution < 1.29 is 4.84 Å². The van der Waals surface area contributed by atoms with Gasteiger partial charge in [0.15, 0.2) is 0 Å². The van der Waals surface area contributed by atoms with Crippen LogP contribution in [0.4, 0.5) is 0 Å². The van der Waals surface area contributed by atoms with E-state index >= 15 is 0 Å². The summed E-state index contributed by atoms with van der Waals surface area (Å²) in [5.41, 5.74) is 0. The summed E-state index contributed by atoms with van der Waals surface area (Å²) in [5.74, 6) is -0.141. The van der Waals surface area contributed by atoms with Crippen molar-refractivity contribution in [3.63, 3.8) is 0 Å². The molecule has 4 nitrogen and oxygen atoms in total. The van der Waals surface area contributed by atoms with Crippen molar-refractivity contribution in [3.8, 4) is 12.1 Å². The van der Waals surface area contributed by atoms with Gasteiger partial charge in [-0.2, -0.15) is 15.6 Å². The predicted molar refractivity (Wildman–Crippen MR) is 59.1 cm³/mol. The van der Waals surface area contributed by atoms with E-state index in [0.717, 1.165) is 4.88 Å². The molecular formula is C11H11N3OS. The summed E-state index contributed by atoms with van der Waals surface area (Å²) < 4.78 is 0. The zero-order chi connectivity index (χ0) is 11.4. The first-order valence-corrected chi connectivity index (χ1v) is 5.94. The van der Waals surface area contributed by atoms with Crippen LogP contribution in [0.1, 0.15) is 17.3 Å². The second kappa shape index (κ2) is 5.09. The summed E-state index contributed by atoms with van der Waals surface area (Å²) in [5, 5.41) is 21.4. The van der Waals surface area contributed by atoms with E-state index in [1.807, 2.05) is 17.5 Å². The second-order valence-electron chi connectivity index (χ2n) is 3.54. The molecule has 0 amide bonds. The Labute approximate surface area is 98.2 Å². The zero-order valence-electron chi connectivity index (χ0n) is 8.67. The molecule has 16 heavy (non-hydrogen) atoms. The van der Waals surface area contributed by atoms with Crippen LogP contribution in [0.3, 0.4) is 0 Å². The van der Waals surface area contributed by atoms with Crippen molar-refractivity contribution in [3.05, 3.63) is 22.4 Å². The summed E-state index contributed by atoms with van der Waals surface area (Å²) in [4.78, 5) is 6.59. The van der Waals surface area contributed by atoms with Crippen LogP contribution >= 0.6 is 11.3 Å². The normalized spacial score (nSPS) is 25.1. The Morgan fingerprint density at radius 3 is 3.06 bits per heavy atom. The van der Waals surface area contributed by atoms with E-state index in [4.69, 9.17) is 15.4 Å². The molecule has 0 bridgehead atoms. The molecule has 1 aromatic rings. The molecule has 0 saturated carbocycles. The summed E-state index contributed by atoms with van der Waals surface area (Å²) in [6, 6.07) is 8.32. The maximum atomic E-state index is 9.06. The minimum absolute atomic E-state index is 0.0154. The van der Waals surface area contributed by atoms with Gasteiger partial charge in [0, 0.05) is 11.4 Å². The number of rotatable bonds is 3. The highest BCUT2D eigenvalue weighted by Crippen LogP contribution is 2.36.